The van der Waals surface area contributed by atoms with Crippen molar-refractivity contribution in [2.45, 2.75) is 24.7 Å². The Morgan fingerprint density at radius 2 is 0.776 bits per heavy atom. The molecular formula is C56H52O11. The second kappa shape index (κ2) is 21.0. The Morgan fingerprint density at radius 3 is 1.19 bits per heavy atom. The number of hydrogen-bond donors (Lipinski definition) is 0. The summed E-state index contributed by atoms with van der Waals surface area (Å²) in [5.41, 5.74) is 8.30. The first-order valence-corrected chi connectivity index (χ1v) is 22.0. The van der Waals surface area contributed by atoms with E-state index in [2.05, 4.69) is 86.6 Å². The lowest BCUT2D eigenvalue weighted by Gasteiger charge is -2.34. The molecule has 0 aliphatic heterocycles. The van der Waals surface area contributed by atoms with E-state index in [0.717, 1.165) is 33.8 Å². The molecule has 0 saturated heterocycles. The first-order chi connectivity index (χ1) is 32.7. The molecule has 0 heterocycles. The molecule has 1 aliphatic rings. The Morgan fingerprint density at radius 1 is 0.418 bits per heavy atom. The fourth-order valence-corrected chi connectivity index (χ4v) is 8.41. The number of rotatable bonds is 19. The number of hydrogen-bond acceptors (Lipinski definition) is 11. The summed E-state index contributed by atoms with van der Waals surface area (Å²) < 4.78 is 49.2. The van der Waals surface area contributed by atoms with Gasteiger partial charge in [-0.05, 0) is 117 Å². The minimum absolute atomic E-state index is 0.0260. The van der Waals surface area contributed by atoms with E-state index in [1.165, 1.54) is 22.3 Å². The molecule has 0 unspecified atom stereocenters. The Labute approximate surface area is 390 Å². The molecule has 0 N–H and O–H groups in total. The molecule has 0 aromatic heterocycles. The third kappa shape index (κ3) is 10.4. The lowest BCUT2D eigenvalue weighted by atomic mass is 9.68. The van der Waals surface area contributed by atoms with Crippen molar-refractivity contribution >= 4 is 12.3 Å². The van der Waals surface area contributed by atoms with Crippen LogP contribution in [0.25, 0.3) is 11.1 Å². The minimum Gasteiger partial charge on any atom is -0.497 e. The first-order valence-electron chi connectivity index (χ1n) is 22.0. The van der Waals surface area contributed by atoms with E-state index in [4.69, 9.17) is 42.6 Å². The zero-order valence-corrected chi connectivity index (χ0v) is 37.9. The molecular weight excluding hydrogens is 849 g/mol. The van der Waals surface area contributed by atoms with Gasteiger partial charge in [0.1, 0.15) is 67.5 Å². The number of carbonyl (C=O) groups excluding carboxylic acids is 2. The normalized spacial score (nSPS) is 12.2. The monoisotopic (exact) mass is 900 g/mol. The fourth-order valence-electron chi connectivity index (χ4n) is 8.41. The Balaban J connectivity index is 0.779. The molecule has 0 fully saturated rings. The zero-order chi connectivity index (χ0) is 46.6. The van der Waals surface area contributed by atoms with E-state index in [0.29, 0.717) is 30.5 Å². The number of fused-ring (bicyclic) bond motifs is 3. The SMILES string of the molecule is COCCOc1ccc(C2(c3ccc(OCCOC(=O)Oc4ccc(OCCOC(=O)Oc5ccc(C(C)(C)c6ccc(OC)cc6)cc5)cc4)cc3)c3ccccc3-c3ccccc32)cc1. The predicted molar refractivity (Wildman–Crippen MR) is 254 cm³/mol. The molecule has 67 heavy (non-hydrogen) atoms. The minimum atomic E-state index is -0.870. The van der Waals surface area contributed by atoms with E-state index in [-0.39, 0.29) is 37.6 Å². The number of methoxy groups -OCH3 is 2. The highest BCUT2D eigenvalue weighted by molar-refractivity contribution is 5.86. The predicted octanol–water partition coefficient (Wildman–Crippen LogP) is 11.6. The second-order valence-corrected chi connectivity index (χ2v) is 16.2. The van der Waals surface area contributed by atoms with Gasteiger partial charge >= 0.3 is 12.3 Å². The molecule has 0 atom stereocenters. The molecule has 11 nitrogen and oxygen atoms in total. The van der Waals surface area contributed by atoms with Crippen LogP contribution in [-0.2, 0) is 25.0 Å². The molecule has 11 heteroatoms. The van der Waals surface area contributed by atoms with Gasteiger partial charge in [-0.25, -0.2) is 9.59 Å². The van der Waals surface area contributed by atoms with Crippen molar-refractivity contribution in [2.75, 3.05) is 53.9 Å². The first kappa shape index (κ1) is 45.8. The summed E-state index contributed by atoms with van der Waals surface area (Å²) >= 11 is 0. The van der Waals surface area contributed by atoms with Crippen molar-refractivity contribution in [3.05, 3.63) is 203 Å². The van der Waals surface area contributed by atoms with Crippen molar-refractivity contribution in [2.24, 2.45) is 0 Å². The summed E-state index contributed by atoms with van der Waals surface area (Å²) in [6, 6.07) is 55.1. The van der Waals surface area contributed by atoms with Crippen molar-refractivity contribution in [1.82, 2.24) is 0 Å². The molecule has 7 aromatic rings. The Bertz CT molecular complexity index is 2680. The third-order valence-corrected chi connectivity index (χ3v) is 11.8. The van der Waals surface area contributed by atoms with Gasteiger partial charge in [0.2, 0.25) is 0 Å². The largest absolute Gasteiger partial charge is 0.513 e. The smallest absolute Gasteiger partial charge is 0.497 e. The van der Waals surface area contributed by atoms with E-state index in [9.17, 15) is 9.59 Å². The van der Waals surface area contributed by atoms with Crippen LogP contribution in [0.15, 0.2) is 170 Å². The van der Waals surface area contributed by atoms with Crippen LogP contribution in [0.4, 0.5) is 9.59 Å². The standard InChI is InChI=1S/C56H52O11/c1-55(2,39-13-21-43(60-4)22-14-39)40-15-27-47(28-16-40)66-53(57)64-38-36-63-46-29-31-48(32-30-46)67-54(58)65-37-35-62-45-25-19-42(20-26-45)56(41-17-23-44(24-18-41)61-34-33-59-3)51-11-7-5-9-49(51)50-10-6-8-12-52(50)56/h5-32H,33-38H2,1-4H3. The van der Waals surface area contributed by atoms with Crippen LogP contribution in [0.2, 0.25) is 0 Å². The van der Waals surface area contributed by atoms with Crippen molar-refractivity contribution in [1.29, 1.82) is 0 Å². The second-order valence-electron chi connectivity index (χ2n) is 16.2. The average Bonchev–Trinajstić information content (AvgIpc) is 3.66. The van der Waals surface area contributed by atoms with Crippen LogP contribution >= 0.6 is 0 Å². The number of ether oxygens (including phenoxy) is 9. The lowest BCUT2D eigenvalue weighted by molar-refractivity contribution is 0.0847. The van der Waals surface area contributed by atoms with E-state index < -0.39 is 17.7 Å². The van der Waals surface area contributed by atoms with Gasteiger partial charge in [-0.2, -0.15) is 0 Å². The van der Waals surface area contributed by atoms with Crippen LogP contribution in [-0.4, -0.2) is 66.2 Å². The molecule has 0 spiro atoms. The summed E-state index contributed by atoms with van der Waals surface area (Å²) in [4.78, 5) is 24.8. The maximum atomic E-state index is 12.5. The number of carbonyl (C=O) groups is 2. The summed E-state index contributed by atoms with van der Waals surface area (Å²) in [7, 11) is 3.30. The lowest BCUT2D eigenvalue weighted by Crippen LogP contribution is -2.28. The van der Waals surface area contributed by atoms with Crippen molar-refractivity contribution in [3.8, 4) is 45.6 Å². The van der Waals surface area contributed by atoms with E-state index in [1.807, 2.05) is 60.7 Å². The molecule has 0 bridgehead atoms. The maximum Gasteiger partial charge on any atom is 0.513 e. The average molecular weight is 901 g/mol. The van der Waals surface area contributed by atoms with Crippen LogP contribution in [0.5, 0.6) is 34.5 Å². The quantitative estimate of drug-likeness (QED) is 0.0438. The van der Waals surface area contributed by atoms with Crippen LogP contribution in [0.1, 0.15) is 47.2 Å². The van der Waals surface area contributed by atoms with Gasteiger partial charge in [-0.1, -0.05) is 111 Å². The molecule has 1 aliphatic carbocycles. The topological polar surface area (TPSA) is 117 Å². The highest BCUT2D eigenvalue weighted by Crippen LogP contribution is 2.56. The van der Waals surface area contributed by atoms with Gasteiger partial charge in [0.05, 0.1) is 19.1 Å². The van der Waals surface area contributed by atoms with Gasteiger partial charge in [0.15, 0.2) is 0 Å². The van der Waals surface area contributed by atoms with Crippen LogP contribution < -0.4 is 28.4 Å². The van der Waals surface area contributed by atoms with Crippen molar-refractivity contribution in [3.63, 3.8) is 0 Å². The van der Waals surface area contributed by atoms with Gasteiger partial charge in [0, 0.05) is 12.5 Å². The molecule has 0 saturated carbocycles. The van der Waals surface area contributed by atoms with Crippen molar-refractivity contribution < 1.29 is 52.2 Å². The van der Waals surface area contributed by atoms with Gasteiger partial charge in [-0.15, -0.1) is 0 Å². The summed E-state index contributed by atoms with van der Waals surface area (Å²) in [5, 5.41) is 0. The van der Waals surface area contributed by atoms with E-state index >= 15 is 0 Å². The molecule has 0 radical (unpaired) electrons. The van der Waals surface area contributed by atoms with Gasteiger partial charge < -0.3 is 42.6 Å². The summed E-state index contributed by atoms with van der Waals surface area (Å²) in [6.45, 7) is 5.37. The zero-order valence-electron chi connectivity index (χ0n) is 37.9. The molecule has 342 valence electrons. The van der Waals surface area contributed by atoms with Crippen LogP contribution in [0, 0.1) is 0 Å². The highest BCUT2D eigenvalue weighted by Gasteiger charge is 2.45. The molecule has 8 rings (SSSR count). The van der Waals surface area contributed by atoms with Gasteiger partial charge in [0.25, 0.3) is 0 Å². The Hall–Kier alpha value is -7.76. The molecule has 7 aromatic carbocycles. The molecule has 0 amide bonds. The fraction of sp³-hybridized carbons (Fsp3) is 0.214. The maximum absolute atomic E-state index is 12.5. The third-order valence-electron chi connectivity index (χ3n) is 11.8. The highest BCUT2D eigenvalue weighted by atomic mass is 16.7. The van der Waals surface area contributed by atoms with Crippen LogP contribution in [0.3, 0.4) is 0 Å². The van der Waals surface area contributed by atoms with E-state index in [1.54, 1.807) is 50.6 Å². The summed E-state index contributed by atoms with van der Waals surface area (Å²) in [6.07, 6.45) is -1.71. The van der Waals surface area contributed by atoms with Gasteiger partial charge in [-0.3, -0.25) is 0 Å². The summed E-state index contributed by atoms with van der Waals surface area (Å²) in [5.74, 6) is 3.32. The number of benzene rings is 7. The Kier molecular flexibility index (Phi) is 14.4.